The summed E-state index contributed by atoms with van der Waals surface area (Å²) in [5, 5.41) is 28.0. The third-order valence-corrected chi connectivity index (χ3v) is 14.0. The predicted octanol–water partition coefficient (Wildman–Crippen LogP) is -1.90. The number of nitrogens with one attached hydrogen (secondary N) is 7. The molecule has 0 spiro atoms. The number of nitrogens with two attached hydrogens (primary N) is 4. The highest BCUT2D eigenvalue weighted by molar-refractivity contribution is 8.76. The quantitative estimate of drug-likeness (QED) is 0.0285. The van der Waals surface area contributed by atoms with Crippen LogP contribution in [-0.2, 0) is 59.2 Å². The first-order chi connectivity index (χ1) is 34.3. The lowest BCUT2D eigenvalue weighted by Crippen LogP contribution is -2.59. The Bertz CT molecular complexity index is 2050. The van der Waals surface area contributed by atoms with Gasteiger partial charge < -0.3 is 70.2 Å². The lowest BCUT2D eigenvalue weighted by atomic mass is 9.96. The molecule has 16 N–H and O–H groups in total. The normalized spacial score (nSPS) is 16.3. The molecule has 1 fully saturated rings. The number of phenolic OH excluding ortho intramolecular Hbond substituents is 1. The number of hydrogen-bond donors (Lipinski definition) is 12. The van der Waals surface area contributed by atoms with Crippen LogP contribution in [0.2, 0.25) is 0 Å². The van der Waals surface area contributed by atoms with Gasteiger partial charge in [-0.1, -0.05) is 74.8 Å². The number of likely N-dealkylation sites (tertiary alicyclic amines) is 1. The molecule has 410 valence electrons. The Balaban J connectivity index is 0.000000737. The minimum absolute atomic E-state index is 0.0450. The molecule has 2 unspecified atom stereocenters. The fraction of sp³-hybridized carbons (Fsp3) is 0.638. The van der Waals surface area contributed by atoms with Crippen LogP contribution in [0.25, 0.3) is 0 Å². The van der Waals surface area contributed by atoms with Gasteiger partial charge in [0.15, 0.2) is 5.78 Å². The maximum atomic E-state index is 13.5. The van der Waals surface area contributed by atoms with Crippen molar-refractivity contribution in [3.05, 3.63) is 29.8 Å². The van der Waals surface area contributed by atoms with Gasteiger partial charge in [-0.05, 0) is 76.1 Å². The number of nitrogens with zero attached hydrogens (tertiary/aromatic N) is 1. The van der Waals surface area contributed by atoms with E-state index in [0.29, 0.717) is 43.5 Å². The molecular formula is C47H78N12O12S2. The standard InChI is InChI=1S/C26H41N5O6S2.C21H37N7O6/c1-5-15(3)23(26(37)29-20(16(4)32)11-12-22(28)34)31-25(36)21(13-17-7-9-18(33)10-8-17)30-24(35)19(27)14-39-38-6-2;1-11(2)8-14(18(31)25-10-17(23)30)27-20(33)15-6-5-7-28(15)21(34)12(3)26-19(32)13(24-4)9-16(22)29/h7-10,15,19-21,23,33H,5-6,11-14,27H2,1-4H3,(H2,28,34)(H,29,37)(H,30,35)(H,31,36);11-15,24H,5-10H2,1-4H3,(H2,22,29)(H2,23,30)(H,25,31)(H,26,32)(H,27,33)/t15?,19-,20-,21-,23-;12-,13-,14-,15?/m00/s1. The van der Waals surface area contributed by atoms with E-state index in [1.807, 2.05) is 27.7 Å². The monoisotopic (exact) mass is 1070 g/mol. The second-order valence-electron chi connectivity index (χ2n) is 18.1. The summed E-state index contributed by atoms with van der Waals surface area (Å²) in [4.78, 5) is 137. The Kier molecular flexibility index (Phi) is 30.0. The molecule has 1 aliphatic rings. The molecule has 0 aromatic heterocycles. The molecule has 1 aromatic carbocycles. The van der Waals surface area contributed by atoms with Crippen LogP contribution in [0.5, 0.6) is 5.75 Å². The zero-order valence-electron chi connectivity index (χ0n) is 43.1. The van der Waals surface area contributed by atoms with Gasteiger partial charge in [-0.3, -0.25) is 52.7 Å². The summed E-state index contributed by atoms with van der Waals surface area (Å²) in [6.45, 7) is 12.1. The third-order valence-electron chi connectivity index (χ3n) is 11.5. The van der Waals surface area contributed by atoms with Gasteiger partial charge in [0.1, 0.15) is 36.0 Å². The fourth-order valence-electron chi connectivity index (χ4n) is 7.24. The second-order valence-corrected chi connectivity index (χ2v) is 20.9. The van der Waals surface area contributed by atoms with E-state index in [9.17, 15) is 57.8 Å². The molecule has 2 rings (SSSR count). The van der Waals surface area contributed by atoms with Crippen LogP contribution in [0.15, 0.2) is 24.3 Å². The van der Waals surface area contributed by atoms with Crippen molar-refractivity contribution in [2.75, 3.05) is 31.6 Å². The zero-order chi connectivity index (χ0) is 55.5. The SMILES string of the molecule is CCSSC[C@H](N)C(=O)N[C@@H](Cc1ccc(O)cc1)C(=O)N[C@H](C(=O)N[C@@H](CCC(N)=O)C(C)=O)C(C)CC.CN[C@@H](CC(N)=O)C(=O)N[C@@H](C)C(=O)N1CCCC1C(=O)N[C@@H](CC(C)C)C(=O)NCC(N)=O. The van der Waals surface area contributed by atoms with E-state index < -0.39 is 107 Å². The number of primary amides is 3. The summed E-state index contributed by atoms with van der Waals surface area (Å²) < 4.78 is 0. The summed E-state index contributed by atoms with van der Waals surface area (Å²) >= 11 is 0. The summed E-state index contributed by atoms with van der Waals surface area (Å²) in [5.41, 5.74) is 22.1. The molecule has 24 nitrogen and oxygen atoms in total. The van der Waals surface area contributed by atoms with Gasteiger partial charge in [0.2, 0.25) is 59.1 Å². The van der Waals surface area contributed by atoms with Gasteiger partial charge in [-0.25, -0.2) is 0 Å². The maximum Gasteiger partial charge on any atom is 0.245 e. The Morgan fingerprint density at radius 3 is 1.89 bits per heavy atom. The van der Waals surface area contributed by atoms with Gasteiger partial charge in [-0.2, -0.15) is 0 Å². The molecular weight excluding hydrogens is 989 g/mol. The lowest BCUT2D eigenvalue weighted by molar-refractivity contribution is -0.142. The molecule has 73 heavy (non-hydrogen) atoms. The smallest absolute Gasteiger partial charge is 0.245 e. The molecule has 0 bridgehead atoms. The number of hydrogen-bond acceptors (Lipinski definition) is 16. The average Bonchev–Trinajstić information content (AvgIpc) is 3.82. The van der Waals surface area contributed by atoms with Crippen molar-refractivity contribution in [3.8, 4) is 5.75 Å². The number of ketones is 1. The molecule has 9 atom stereocenters. The number of carbonyl (C=O) groups is 11. The number of rotatable bonds is 31. The van der Waals surface area contributed by atoms with Crippen LogP contribution < -0.4 is 60.2 Å². The number of phenols is 1. The zero-order valence-corrected chi connectivity index (χ0v) is 44.7. The van der Waals surface area contributed by atoms with Crippen LogP contribution in [0.4, 0.5) is 0 Å². The summed E-state index contributed by atoms with van der Waals surface area (Å²) in [6.07, 6.45) is 1.66. The second kappa shape index (κ2) is 33.7. The molecule has 0 aliphatic carbocycles. The largest absolute Gasteiger partial charge is 0.508 e. The van der Waals surface area contributed by atoms with E-state index in [-0.39, 0.29) is 55.6 Å². The Morgan fingerprint density at radius 1 is 0.740 bits per heavy atom. The number of amides is 10. The van der Waals surface area contributed by atoms with Crippen LogP contribution in [0, 0.1) is 11.8 Å². The van der Waals surface area contributed by atoms with Crippen molar-refractivity contribution in [2.45, 2.75) is 148 Å². The van der Waals surface area contributed by atoms with Crippen LogP contribution in [0.1, 0.15) is 99.0 Å². The van der Waals surface area contributed by atoms with Crippen LogP contribution >= 0.6 is 21.6 Å². The summed E-state index contributed by atoms with van der Waals surface area (Å²) in [6, 6.07) is -1.19. The molecule has 10 amide bonds. The minimum atomic E-state index is -1.06. The van der Waals surface area contributed by atoms with E-state index in [1.165, 1.54) is 48.7 Å². The highest BCUT2D eigenvalue weighted by Gasteiger charge is 2.39. The van der Waals surface area contributed by atoms with Crippen molar-refractivity contribution in [2.24, 2.45) is 34.8 Å². The summed E-state index contributed by atoms with van der Waals surface area (Å²) in [7, 11) is 4.52. The van der Waals surface area contributed by atoms with Crippen molar-refractivity contribution in [1.82, 2.24) is 42.1 Å². The van der Waals surface area contributed by atoms with Crippen LogP contribution in [-0.4, -0.2) is 155 Å². The number of aromatic hydroxyl groups is 1. The van der Waals surface area contributed by atoms with Gasteiger partial charge >= 0.3 is 0 Å². The van der Waals surface area contributed by atoms with Crippen molar-refractivity contribution >= 4 is 86.4 Å². The van der Waals surface area contributed by atoms with Crippen molar-refractivity contribution < 1.29 is 57.8 Å². The predicted molar refractivity (Wildman–Crippen MR) is 277 cm³/mol. The Hall–Kier alpha value is -5.99. The van der Waals surface area contributed by atoms with Gasteiger partial charge in [-0.15, -0.1) is 0 Å². The van der Waals surface area contributed by atoms with Gasteiger partial charge in [0, 0.05) is 30.9 Å². The first kappa shape index (κ1) is 65.0. The van der Waals surface area contributed by atoms with E-state index in [2.05, 4.69) is 37.2 Å². The molecule has 1 heterocycles. The van der Waals surface area contributed by atoms with E-state index in [0.717, 1.165) is 5.75 Å². The van der Waals surface area contributed by atoms with Crippen molar-refractivity contribution in [1.29, 1.82) is 0 Å². The lowest BCUT2D eigenvalue weighted by Gasteiger charge is -2.29. The highest BCUT2D eigenvalue weighted by atomic mass is 33.1. The third kappa shape index (κ3) is 24.5. The van der Waals surface area contributed by atoms with Crippen LogP contribution in [0.3, 0.4) is 0 Å². The Labute approximate surface area is 435 Å². The van der Waals surface area contributed by atoms with E-state index >= 15 is 0 Å². The van der Waals surface area contributed by atoms with Crippen molar-refractivity contribution in [3.63, 3.8) is 0 Å². The highest BCUT2D eigenvalue weighted by Crippen LogP contribution is 2.22. The molecule has 0 radical (unpaired) electrons. The molecule has 1 aliphatic heterocycles. The Morgan fingerprint density at radius 2 is 1.36 bits per heavy atom. The molecule has 26 heteroatoms. The number of benzene rings is 1. The molecule has 0 saturated carbocycles. The molecule has 1 saturated heterocycles. The number of likely N-dealkylation sites (N-methyl/N-ethyl adjacent to an activating group) is 1. The van der Waals surface area contributed by atoms with E-state index in [4.69, 9.17) is 22.9 Å². The van der Waals surface area contributed by atoms with Gasteiger partial charge in [0.05, 0.1) is 31.1 Å². The first-order valence-electron chi connectivity index (χ1n) is 24.2. The maximum absolute atomic E-state index is 13.5. The minimum Gasteiger partial charge on any atom is -0.508 e. The molecule has 1 aromatic rings. The van der Waals surface area contributed by atoms with Gasteiger partial charge in [0.25, 0.3) is 0 Å². The van der Waals surface area contributed by atoms with E-state index in [1.54, 1.807) is 29.9 Å². The summed E-state index contributed by atoms with van der Waals surface area (Å²) in [5.74, 6) is -5.03. The topological polar surface area (TPSA) is 400 Å². The number of Topliss-reactive ketones (excluding diaryl/α,β-unsaturated/α-hetero) is 1. The number of carbonyl (C=O) groups excluding carboxylic acids is 11. The first-order valence-corrected chi connectivity index (χ1v) is 26.7. The fourth-order valence-corrected chi connectivity index (χ4v) is 9.03. The average molecular weight is 1070 g/mol.